The van der Waals surface area contributed by atoms with E-state index in [9.17, 15) is 4.39 Å². The van der Waals surface area contributed by atoms with Crippen LogP contribution in [0.5, 0.6) is 5.75 Å². The van der Waals surface area contributed by atoms with Crippen molar-refractivity contribution in [2.75, 3.05) is 38.7 Å². The standard InChI is InChI=1S/C24H25FN4O2/c1-30-22-7-3-2-5-18(22)6-4-12-29-13-14-31-23(17-29)21-10-9-20(16-26-21)28-24-11-8-19(25)15-27-24/h2-11,15-16,23H,12-14,17H2,1H3,(H,27,28)/b6-4+. The zero-order valence-corrected chi connectivity index (χ0v) is 17.4. The highest BCUT2D eigenvalue weighted by Crippen LogP contribution is 2.23. The average Bonchev–Trinajstić information content (AvgIpc) is 2.82. The first-order chi connectivity index (χ1) is 15.2. The highest BCUT2D eigenvalue weighted by molar-refractivity contribution is 5.57. The second-order valence-corrected chi connectivity index (χ2v) is 7.22. The van der Waals surface area contributed by atoms with Gasteiger partial charge in [-0.15, -0.1) is 0 Å². The number of nitrogens with one attached hydrogen (secondary N) is 1. The smallest absolute Gasteiger partial charge is 0.141 e. The summed E-state index contributed by atoms with van der Waals surface area (Å²) in [6.45, 7) is 3.14. The molecule has 1 aromatic carbocycles. The van der Waals surface area contributed by atoms with E-state index in [1.54, 1.807) is 19.4 Å². The normalized spacial score (nSPS) is 17.0. The van der Waals surface area contributed by atoms with Crippen LogP contribution in [0, 0.1) is 5.82 Å². The predicted octanol–water partition coefficient (Wildman–Crippen LogP) is 4.45. The molecule has 1 atom stereocenters. The van der Waals surface area contributed by atoms with Crippen molar-refractivity contribution in [1.82, 2.24) is 14.9 Å². The van der Waals surface area contributed by atoms with Crippen LogP contribution in [0.15, 0.2) is 67.0 Å². The third-order valence-corrected chi connectivity index (χ3v) is 5.07. The quantitative estimate of drug-likeness (QED) is 0.609. The molecule has 0 radical (unpaired) electrons. The lowest BCUT2D eigenvalue weighted by Gasteiger charge is -2.31. The molecular weight excluding hydrogens is 395 g/mol. The Labute approximate surface area is 181 Å². The molecule has 160 valence electrons. The molecule has 2 aromatic heterocycles. The second kappa shape index (κ2) is 10.1. The lowest BCUT2D eigenvalue weighted by Crippen LogP contribution is -2.38. The van der Waals surface area contributed by atoms with Gasteiger partial charge in [-0.05, 0) is 30.3 Å². The molecule has 3 heterocycles. The number of aromatic nitrogens is 2. The van der Waals surface area contributed by atoms with Crippen molar-refractivity contribution in [3.8, 4) is 5.75 Å². The first-order valence-corrected chi connectivity index (χ1v) is 10.2. The molecule has 7 heteroatoms. The van der Waals surface area contributed by atoms with Crippen molar-refractivity contribution in [2.24, 2.45) is 0 Å². The molecule has 1 N–H and O–H groups in total. The summed E-state index contributed by atoms with van der Waals surface area (Å²) in [6, 6.07) is 14.8. The van der Waals surface area contributed by atoms with E-state index in [0.717, 1.165) is 42.3 Å². The summed E-state index contributed by atoms with van der Waals surface area (Å²) in [5, 5.41) is 3.11. The van der Waals surface area contributed by atoms with Crippen LogP contribution < -0.4 is 10.1 Å². The van der Waals surface area contributed by atoms with Gasteiger partial charge in [-0.25, -0.2) is 9.37 Å². The van der Waals surface area contributed by atoms with E-state index in [-0.39, 0.29) is 11.9 Å². The van der Waals surface area contributed by atoms with Gasteiger partial charge in [0.15, 0.2) is 0 Å². The summed E-state index contributed by atoms with van der Waals surface area (Å²) >= 11 is 0. The molecule has 4 rings (SSSR count). The van der Waals surface area contributed by atoms with E-state index >= 15 is 0 Å². The number of para-hydroxylation sites is 1. The SMILES string of the molecule is COc1ccccc1/C=C/CN1CCOC(c2ccc(Nc3ccc(F)cn3)cn2)C1. The van der Waals surface area contributed by atoms with Crippen LogP contribution >= 0.6 is 0 Å². The highest BCUT2D eigenvalue weighted by atomic mass is 19.1. The Balaban J connectivity index is 1.33. The summed E-state index contributed by atoms with van der Waals surface area (Å²) in [6.07, 6.45) is 7.08. The molecule has 0 spiro atoms. The zero-order chi connectivity index (χ0) is 21.5. The van der Waals surface area contributed by atoms with Crippen LogP contribution in [0.3, 0.4) is 0 Å². The van der Waals surface area contributed by atoms with Crippen LogP contribution in [-0.2, 0) is 4.74 Å². The number of ether oxygens (including phenoxy) is 2. The topological polar surface area (TPSA) is 59.5 Å². The molecule has 0 bridgehead atoms. The summed E-state index contributed by atoms with van der Waals surface area (Å²) in [7, 11) is 1.68. The van der Waals surface area contributed by atoms with Crippen LogP contribution in [0.2, 0.25) is 0 Å². The number of hydrogen-bond acceptors (Lipinski definition) is 6. The number of benzene rings is 1. The fourth-order valence-electron chi connectivity index (χ4n) is 3.45. The van der Waals surface area contributed by atoms with E-state index in [0.29, 0.717) is 12.4 Å². The van der Waals surface area contributed by atoms with Crippen LogP contribution in [0.4, 0.5) is 15.9 Å². The molecule has 0 saturated carbocycles. The lowest BCUT2D eigenvalue weighted by molar-refractivity contribution is -0.0281. The molecule has 3 aromatic rings. The Bertz CT molecular complexity index is 1010. The Morgan fingerprint density at radius 2 is 2.06 bits per heavy atom. The minimum absolute atomic E-state index is 0.0774. The van der Waals surface area contributed by atoms with Gasteiger partial charge in [-0.1, -0.05) is 30.4 Å². The first-order valence-electron chi connectivity index (χ1n) is 10.2. The number of nitrogens with zero attached hydrogens (tertiary/aromatic N) is 3. The molecule has 6 nitrogen and oxygen atoms in total. The van der Waals surface area contributed by atoms with Gasteiger partial charge >= 0.3 is 0 Å². The van der Waals surface area contributed by atoms with E-state index < -0.39 is 0 Å². The maximum absolute atomic E-state index is 13.0. The second-order valence-electron chi connectivity index (χ2n) is 7.22. The van der Waals surface area contributed by atoms with Crippen LogP contribution in [0.1, 0.15) is 17.4 Å². The van der Waals surface area contributed by atoms with Crippen molar-refractivity contribution in [3.05, 3.63) is 84.1 Å². The number of anilines is 2. The predicted molar refractivity (Wildman–Crippen MR) is 119 cm³/mol. The molecule has 1 fully saturated rings. The summed E-state index contributed by atoms with van der Waals surface area (Å²) in [5.74, 6) is 1.07. The number of pyridine rings is 2. The highest BCUT2D eigenvalue weighted by Gasteiger charge is 2.22. The van der Waals surface area contributed by atoms with Gasteiger partial charge in [0.05, 0.1) is 37.5 Å². The maximum Gasteiger partial charge on any atom is 0.141 e. The number of hydrogen-bond donors (Lipinski definition) is 1. The molecular formula is C24H25FN4O2. The largest absolute Gasteiger partial charge is 0.496 e. The van der Waals surface area contributed by atoms with Gasteiger partial charge in [0.25, 0.3) is 0 Å². The van der Waals surface area contributed by atoms with E-state index in [1.165, 1.54) is 12.3 Å². The van der Waals surface area contributed by atoms with Gasteiger partial charge in [-0.3, -0.25) is 9.88 Å². The molecule has 1 saturated heterocycles. The third-order valence-electron chi connectivity index (χ3n) is 5.07. The van der Waals surface area contributed by atoms with Gasteiger partial charge in [0, 0.05) is 25.2 Å². The van der Waals surface area contributed by atoms with Gasteiger partial charge in [-0.2, -0.15) is 0 Å². The summed E-state index contributed by atoms with van der Waals surface area (Å²) in [4.78, 5) is 10.9. The zero-order valence-electron chi connectivity index (χ0n) is 17.4. The molecule has 1 aliphatic rings. The van der Waals surface area contributed by atoms with E-state index in [1.807, 2.05) is 36.4 Å². The number of methoxy groups -OCH3 is 1. The molecule has 1 aliphatic heterocycles. The monoisotopic (exact) mass is 420 g/mol. The van der Waals surface area contributed by atoms with Crippen molar-refractivity contribution < 1.29 is 13.9 Å². The van der Waals surface area contributed by atoms with Gasteiger partial charge < -0.3 is 14.8 Å². The van der Waals surface area contributed by atoms with Crippen LogP contribution in [0.25, 0.3) is 6.08 Å². The Morgan fingerprint density at radius 1 is 1.16 bits per heavy atom. The minimum atomic E-state index is -0.365. The van der Waals surface area contributed by atoms with Crippen molar-refractivity contribution in [3.63, 3.8) is 0 Å². The van der Waals surface area contributed by atoms with Crippen molar-refractivity contribution >= 4 is 17.6 Å². The summed E-state index contributed by atoms with van der Waals surface area (Å²) < 4.78 is 24.3. The Hall–Kier alpha value is -3.29. The molecule has 0 aliphatic carbocycles. The maximum atomic E-state index is 13.0. The fourth-order valence-corrected chi connectivity index (χ4v) is 3.45. The molecule has 1 unspecified atom stereocenters. The van der Waals surface area contributed by atoms with Gasteiger partial charge in [0.1, 0.15) is 23.5 Å². The van der Waals surface area contributed by atoms with Crippen LogP contribution in [-0.4, -0.2) is 48.2 Å². The van der Waals surface area contributed by atoms with Crippen molar-refractivity contribution in [1.29, 1.82) is 0 Å². The van der Waals surface area contributed by atoms with Crippen molar-refractivity contribution in [2.45, 2.75) is 6.10 Å². The average molecular weight is 420 g/mol. The molecule has 0 amide bonds. The lowest BCUT2D eigenvalue weighted by atomic mass is 10.1. The number of rotatable bonds is 7. The minimum Gasteiger partial charge on any atom is -0.496 e. The van der Waals surface area contributed by atoms with E-state index in [4.69, 9.17) is 9.47 Å². The Morgan fingerprint density at radius 3 is 2.84 bits per heavy atom. The fraction of sp³-hybridized carbons (Fsp3) is 0.250. The van der Waals surface area contributed by atoms with E-state index in [2.05, 4.69) is 32.3 Å². The first kappa shape index (κ1) is 21.0. The molecule has 31 heavy (non-hydrogen) atoms. The Kier molecular flexibility index (Phi) is 6.86. The van der Waals surface area contributed by atoms with Gasteiger partial charge in [0.2, 0.25) is 0 Å². The summed E-state index contributed by atoms with van der Waals surface area (Å²) in [5.41, 5.74) is 2.74. The number of morpholine rings is 1. The third kappa shape index (κ3) is 5.65. The number of halogens is 1.